The van der Waals surface area contributed by atoms with E-state index in [4.69, 9.17) is 34.5 Å². The van der Waals surface area contributed by atoms with Gasteiger partial charge < -0.3 is 35.8 Å². The SMILES string of the molecule is COP(=O)(O)OC1C[C@H](n2cnc3c(N)ncnc32)O[C@@H]1COP(=O)(O)OC1C[C@H](n2cnc3c(N)ncnc32)O[C@@H]1CO. The van der Waals surface area contributed by atoms with E-state index in [0.29, 0.717) is 22.3 Å². The summed E-state index contributed by atoms with van der Waals surface area (Å²) in [4.78, 5) is 45.0. The Labute approximate surface area is 247 Å². The number of rotatable bonds is 11. The maximum absolute atomic E-state index is 13.1. The zero-order valence-electron chi connectivity index (χ0n) is 22.8. The average Bonchev–Trinajstić information content (AvgIpc) is 3.77. The number of nitrogen functional groups attached to an aromatic ring is 2. The van der Waals surface area contributed by atoms with E-state index < -0.39 is 65.7 Å². The topological polar surface area (TPSA) is 289 Å². The highest BCUT2D eigenvalue weighted by Gasteiger charge is 2.45. The molecule has 0 aliphatic carbocycles. The molecule has 2 aliphatic rings. The van der Waals surface area contributed by atoms with Crippen LogP contribution in [-0.2, 0) is 36.7 Å². The number of nitrogens with zero attached hydrogens (tertiary/aromatic N) is 8. The fraction of sp³-hybridized carbons (Fsp3) is 0.524. The van der Waals surface area contributed by atoms with Gasteiger partial charge in [-0.25, -0.2) is 39.0 Å². The van der Waals surface area contributed by atoms with Crippen LogP contribution in [0.4, 0.5) is 11.6 Å². The lowest BCUT2D eigenvalue weighted by molar-refractivity contribution is -0.0552. The van der Waals surface area contributed by atoms with Crippen LogP contribution in [0, 0.1) is 0 Å². The van der Waals surface area contributed by atoms with Gasteiger partial charge in [-0.2, -0.15) is 0 Å². The van der Waals surface area contributed by atoms with Crippen LogP contribution in [0.2, 0.25) is 0 Å². The van der Waals surface area contributed by atoms with Crippen molar-refractivity contribution < 1.29 is 51.6 Å². The molecule has 7 N–H and O–H groups in total. The van der Waals surface area contributed by atoms with Gasteiger partial charge in [0.05, 0.1) is 25.9 Å². The van der Waals surface area contributed by atoms with Crippen molar-refractivity contribution in [1.29, 1.82) is 0 Å². The van der Waals surface area contributed by atoms with Crippen LogP contribution in [0.1, 0.15) is 25.3 Å². The molecule has 2 aliphatic heterocycles. The quantitative estimate of drug-likeness (QED) is 0.133. The second-order valence-electron chi connectivity index (χ2n) is 9.78. The minimum atomic E-state index is -4.83. The summed E-state index contributed by atoms with van der Waals surface area (Å²) in [5.74, 6) is 0.293. The van der Waals surface area contributed by atoms with E-state index in [1.54, 1.807) is 4.57 Å². The first kappa shape index (κ1) is 30.8. The van der Waals surface area contributed by atoms with Gasteiger partial charge >= 0.3 is 15.6 Å². The number of imidazole rings is 2. The molecule has 6 rings (SSSR count). The van der Waals surface area contributed by atoms with Gasteiger partial charge in [0, 0.05) is 20.0 Å². The van der Waals surface area contributed by atoms with E-state index in [9.17, 15) is 24.0 Å². The Morgan fingerprint density at radius 3 is 1.86 bits per heavy atom. The summed E-state index contributed by atoms with van der Waals surface area (Å²) in [6.45, 7) is -1.14. The van der Waals surface area contributed by atoms with Crippen LogP contribution in [0.3, 0.4) is 0 Å². The number of aromatic nitrogens is 8. The molecule has 21 nitrogen and oxygen atoms in total. The molecular weight excluding hydrogens is 630 g/mol. The molecular formula is C21H28N10O11P2. The maximum Gasteiger partial charge on any atom is 0.472 e. The van der Waals surface area contributed by atoms with Gasteiger partial charge in [-0.05, 0) is 0 Å². The van der Waals surface area contributed by atoms with Crippen molar-refractivity contribution in [2.45, 2.75) is 49.7 Å². The predicted molar refractivity (Wildman–Crippen MR) is 146 cm³/mol. The molecule has 2 saturated heterocycles. The zero-order chi connectivity index (χ0) is 31.2. The van der Waals surface area contributed by atoms with Crippen molar-refractivity contribution in [3.63, 3.8) is 0 Å². The van der Waals surface area contributed by atoms with Gasteiger partial charge in [0.25, 0.3) is 0 Å². The number of nitrogens with two attached hydrogens (primary N) is 2. The number of aliphatic hydroxyl groups is 1. The van der Waals surface area contributed by atoms with E-state index >= 15 is 0 Å². The first-order chi connectivity index (χ1) is 21.0. The lowest BCUT2D eigenvalue weighted by atomic mass is 10.2. The molecule has 238 valence electrons. The van der Waals surface area contributed by atoms with Crippen molar-refractivity contribution in [2.24, 2.45) is 0 Å². The first-order valence-electron chi connectivity index (χ1n) is 13.0. The Balaban J connectivity index is 1.15. The van der Waals surface area contributed by atoms with E-state index in [2.05, 4.69) is 34.4 Å². The maximum atomic E-state index is 13.1. The first-order valence-corrected chi connectivity index (χ1v) is 16.0. The molecule has 0 amide bonds. The lowest BCUT2D eigenvalue weighted by Crippen LogP contribution is -2.30. The van der Waals surface area contributed by atoms with Crippen molar-refractivity contribution in [3.8, 4) is 0 Å². The minimum Gasteiger partial charge on any atom is -0.394 e. The van der Waals surface area contributed by atoms with Crippen molar-refractivity contribution in [2.75, 3.05) is 31.8 Å². The summed E-state index contributed by atoms with van der Waals surface area (Å²) in [5.41, 5.74) is 13.0. The average molecular weight is 658 g/mol. The molecule has 0 bridgehead atoms. The third-order valence-corrected chi connectivity index (χ3v) is 9.12. The number of phosphoric ester groups is 2. The van der Waals surface area contributed by atoms with Gasteiger partial charge in [0.1, 0.15) is 60.6 Å². The Morgan fingerprint density at radius 2 is 1.34 bits per heavy atom. The van der Waals surface area contributed by atoms with Gasteiger partial charge in [-0.1, -0.05) is 0 Å². The van der Waals surface area contributed by atoms with Crippen LogP contribution < -0.4 is 11.5 Å². The van der Waals surface area contributed by atoms with E-state index in [-0.39, 0.29) is 24.5 Å². The van der Waals surface area contributed by atoms with Gasteiger partial charge in [0.2, 0.25) is 0 Å². The number of phosphoric acid groups is 2. The van der Waals surface area contributed by atoms with Crippen LogP contribution in [0.25, 0.3) is 22.3 Å². The molecule has 6 heterocycles. The molecule has 2 fully saturated rings. The Bertz CT molecular complexity index is 1760. The Hall–Kier alpha value is -3.20. The van der Waals surface area contributed by atoms with Crippen molar-refractivity contribution in [1.82, 2.24) is 39.0 Å². The second-order valence-corrected chi connectivity index (χ2v) is 12.7. The van der Waals surface area contributed by atoms with Crippen LogP contribution >= 0.6 is 15.6 Å². The van der Waals surface area contributed by atoms with E-state index in [0.717, 1.165) is 7.11 Å². The Kier molecular flexibility index (Phi) is 8.37. The molecule has 0 saturated carbocycles. The number of aliphatic hydroxyl groups excluding tert-OH is 1. The van der Waals surface area contributed by atoms with E-state index in [1.807, 2.05) is 0 Å². The predicted octanol–water partition coefficient (Wildman–Crippen LogP) is 0.0321. The normalized spacial score (nSPS) is 28.5. The fourth-order valence-electron chi connectivity index (χ4n) is 5.02. The summed E-state index contributed by atoms with van der Waals surface area (Å²) in [5, 5.41) is 9.88. The highest BCUT2D eigenvalue weighted by Crippen LogP contribution is 2.51. The summed E-state index contributed by atoms with van der Waals surface area (Å²) in [6, 6.07) is 0. The number of hydrogen-bond acceptors (Lipinski definition) is 17. The fourth-order valence-corrected chi connectivity index (χ4v) is 6.63. The summed E-state index contributed by atoms with van der Waals surface area (Å²) in [7, 11) is -8.35. The molecule has 4 aromatic heterocycles. The zero-order valence-corrected chi connectivity index (χ0v) is 24.6. The lowest BCUT2D eigenvalue weighted by Gasteiger charge is -2.23. The largest absolute Gasteiger partial charge is 0.472 e. The monoisotopic (exact) mass is 658 g/mol. The van der Waals surface area contributed by atoms with Crippen LogP contribution in [0.15, 0.2) is 25.3 Å². The summed E-state index contributed by atoms with van der Waals surface area (Å²) in [6.07, 6.45) is -0.709. The number of anilines is 2. The summed E-state index contributed by atoms with van der Waals surface area (Å²) >= 11 is 0. The molecule has 8 atom stereocenters. The van der Waals surface area contributed by atoms with Crippen LogP contribution in [0.5, 0.6) is 0 Å². The van der Waals surface area contributed by atoms with Crippen LogP contribution in [-0.4, -0.2) is 98.7 Å². The molecule has 0 aromatic carbocycles. The number of fused-ring (bicyclic) bond motifs is 2. The van der Waals surface area contributed by atoms with Crippen molar-refractivity contribution >= 4 is 49.6 Å². The third kappa shape index (κ3) is 6.04. The number of ether oxygens (including phenoxy) is 2. The number of hydrogen-bond donors (Lipinski definition) is 5. The Morgan fingerprint density at radius 1 is 0.841 bits per heavy atom. The molecule has 4 unspecified atom stereocenters. The third-order valence-electron chi connectivity index (χ3n) is 7.11. The standard InChI is InChI=1S/C21H28N10O11P2/c1-37-43(33,34)41-11-3-15(31-9-29-17-19(23)25-7-27-21(17)31)40-13(11)5-38-44(35,36)42-10-2-14(39-12(10)4-32)30-8-28-16-18(22)24-6-26-20(16)30/h6-15,32H,2-5H2,1H3,(H,33,34)(H,35,36)(H2,22,24,26)(H2,23,25,27)/t10?,11?,12-,13-,14-,15-/m1/s1. The van der Waals surface area contributed by atoms with E-state index in [1.165, 1.54) is 29.9 Å². The van der Waals surface area contributed by atoms with Gasteiger partial charge in [-0.3, -0.25) is 27.2 Å². The highest BCUT2D eigenvalue weighted by molar-refractivity contribution is 7.47. The molecule has 4 aromatic rings. The second kappa shape index (κ2) is 12.0. The molecule has 44 heavy (non-hydrogen) atoms. The smallest absolute Gasteiger partial charge is 0.394 e. The highest BCUT2D eigenvalue weighted by atomic mass is 31.2. The summed E-state index contributed by atoms with van der Waals surface area (Å²) < 4.78 is 60.6. The molecule has 0 spiro atoms. The van der Waals surface area contributed by atoms with Crippen molar-refractivity contribution in [3.05, 3.63) is 25.3 Å². The molecule has 0 radical (unpaired) electrons. The van der Waals surface area contributed by atoms with Gasteiger partial charge in [-0.15, -0.1) is 0 Å². The molecule has 23 heteroatoms. The van der Waals surface area contributed by atoms with Gasteiger partial charge in [0.15, 0.2) is 22.9 Å². The minimum absolute atomic E-state index is 0.0163.